The molecule has 6 heteroatoms. The summed E-state index contributed by atoms with van der Waals surface area (Å²) in [5.41, 5.74) is 2.37. The molecule has 1 saturated heterocycles. The van der Waals surface area contributed by atoms with Crippen LogP contribution < -0.4 is 10.6 Å². The van der Waals surface area contributed by atoms with Gasteiger partial charge in [-0.3, -0.25) is 9.59 Å². The van der Waals surface area contributed by atoms with Crippen LogP contribution in [0.3, 0.4) is 0 Å². The average molecular weight is 481 g/mol. The topological polar surface area (TPSA) is 77.2 Å². The standard InChI is InChI=1S/C29H44N4O2/c1-28(2,3)32-22-4-6-23(7-5-22)33-9-8-24(27(33)35)31-26(34)25-13-21(17-30-25)29-14-18-10-19(15-29)12-20(11-18)16-29/h13,17-20,22-24,30,32H,4-12,14-16H2,1-3H3,(H,31,34)/t18?,19?,20?,22-,23-,24-,29?/m0/s1. The van der Waals surface area contributed by atoms with E-state index in [-0.39, 0.29) is 28.8 Å². The lowest BCUT2D eigenvalue weighted by atomic mass is 9.48. The van der Waals surface area contributed by atoms with Crippen LogP contribution in [0.15, 0.2) is 12.3 Å². The average Bonchev–Trinajstić information content (AvgIpc) is 3.41. The third kappa shape index (κ3) is 4.56. The lowest BCUT2D eigenvalue weighted by Gasteiger charge is -2.56. The summed E-state index contributed by atoms with van der Waals surface area (Å²) in [5, 5.41) is 6.78. The van der Waals surface area contributed by atoms with Gasteiger partial charge in [0.2, 0.25) is 5.91 Å². The molecule has 6 aliphatic rings. The minimum atomic E-state index is -0.390. The molecule has 4 bridgehead atoms. The van der Waals surface area contributed by atoms with Crippen molar-refractivity contribution in [2.75, 3.05) is 6.54 Å². The van der Waals surface area contributed by atoms with Gasteiger partial charge in [-0.25, -0.2) is 0 Å². The molecule has 1 aromatic rings. The van der Waals surface area contributed by atoms with Crippen molar-refractivity contribution in [1.29, 1.82) is 0 Å². The minimum Gasteiger partial charge on any atom is -0.357 e. The van der Waals surface area contributed by atoms with Gasteiger partial charge in [0.25, 0.3) is 5.91 Å². The Kier molecular flexibility index (Phi) is 5.82. The molecule has 6 nitrogen and oxygen atoms in total. The number of aromatic nitrogens is 1. The first kappa shape index (κ1) is 23.6. The molecular weight excluding hydrogens is 436 g/mol. The summed E-state index contributed by atoms with van der Waals surface area (Å²) in [5.74, 6) is 2.64. The fraction of sp³-hybridized carbons (Fsp3) is 0.793. The van der Waals surface area contributed by atoms with Gasteiger partial charge in [0, 0.05) is 30.4 Å². The lowest BCUT2D eigenvalue weighted by Crippen LogP contribution is -2.49. The van der Waals surface area contributed by atoms with Crippen molar-refractivity contribution in [3.63, 3.8) is 0 Å². The van der Waals surface area contributed by atoms with Gasteiger partial charge >= 0.3 is 0 Å². The molecule has 35 heavy (non-hydrogen) atoms. The van der Waals surface area contributed by atoms with Crippen molar-refractivity contribution >= 4 is 11.8 Å². The minimum absolute atomic E-state index is 0.110. The second-order valence-electron chi connectivity index (χ2n) is 13.7. The summed E-state index contributed by atoms with van der Waals surface area (Å²) in [6, 6.07) is 2.56. The van der Waals surface area contributed by atoms with Crippen LogP contribution in [-0.2, 0) is 10.2 Å². The molecule has 0 spiro atoms. The van der Waals surface area contributed by atoms with Crippen LogP contribution in [0.2, 0.25) is 0 Å². The van der Waals surface area contributed by atoms with E-state index >= 15 is 0 Å². The second kappa shape index (κ2) is 8.64. The van der Waals surface area contributed by atoms with E-state index in [0.717, 1.165) is 50.0 Å². The van der Waals surface area contributed by atoms with Gasteiger partial charge in [-0.05, 0) is 126 Å². The fourth-order valence-electron chi connectivity index (χ4n) is 8.87. The molecule has 1 aromatic heterocycles. The van der Waals surface area contributed by atoms with Gasteiger partial charge in [0.1, 0.15) is 11.7 Å². The maximum Gasteiger partial charge on any atom is 0.268 e. The number of nitrogens with one attached hydrogen (secondary N) is 3. The maximum atomic E-state index is 13.2. The van der Waals surface area contributed by atoms with Crippen molar-refractivity contribution < 1.29 is 9.59 Å². The summed E-state index contributed by atoms with van der Waals surface area (Å²) < 4.78 is 0. The lowest BCUT2D eigenvalue weighted by molar-refractivity contribution is -0.131. The number of amides is 2. The van der Waals surface area contributed by atoms with E-state index in [9.17, 15) is 9.59 Å². The predicted octanol–water partition coefficient (Wildman–Crippen LogP) is 4.51. The number of hydrogen-bond acceptors (Lipinski definition) is 3. The van der Waals surface area contributed by atoms with Gasteiger partial charge in [-0.15, -0.1) is 0 Å². The fourth-order valence-corrected chi connectivity index (χ4v) is 8.87. The quantitative estimate of drug-likeness (QED) is 0.580. The van der Waals surface area contributed by atoms with E-state index in [2.05, 4.69) is 48.7 Å². The highest BCUT2D eigenvalue weighted by Gasteiger charge is 2.52. The zero-order chi connectivity index (χ0) is 24.4. The summed E-state index contributed by atoms with van der Waals surface area (Å²) in [4.78, 5) is 31.6. The van der Waals surface area contributed by atoms with E-state index in [1.165, 1.54) is 44.1 Å². The number of H-pyrrole nitrogens is 1. The van der Waals surface area contributed by atoms with E-state index in [0.29, 0.717) is 24.2 Å². The van der Waals surface area contributed by atoms with Gasteiger partial charge in [-0.1, -0.05) is 0 Å². The summed E-state index contributed by atoms with van der Waals surface area (Å²) >= 11 is 0. The van der Waals surface area contributed by atoms with Gasteiger partial charge in [-0.2, -0.15) is 0 Å². The monoisotopic (exact) mass is 480 g/mol. The van der Waals surface area contributed by atoms with Crippen LogP contribution in [0, 0.1) is 17.8 Å². The normalized spacial score (nSPS) is 38.8. The molecule has 7 rings (SSSR count). The third-order valence-electron chi connectivity index (χ3n) is 9.90. The number of rotatable bonds is 5. The number of carbonyl (C=O) groups excluding carboxylic acids is 2. The third-order valence-corrected chi connectivity index (χ3v) is 9.90. The molecule has 0 aromatic carbocycles. The Bertz CT molecular complexity index is 932. The molecule has 2 amide bonds. The number of nitrogens with zero attached hydrogens (tertiary/aromatic N) is 1. The highest BCUT2D eigenvalue weighted by Crippen LogP contribution is 2.60. The smallest absolute Gasteiger partial charge is 0.268 e. The van der Waals surface area contributed by atoms with E-state index in [4.69, 9.17) is 0 Å². The Labute approximate surface area is 210 Å². The van der Waals surface area contributed by atoms with Crippen molar-refractivity contribution in [2.24, 2.45) is 17.8 Å². The van der Waals surface area contributed by atoms with Crippen molar-refractivity contribution in [2.45, 2.75) is 120 Å². The van der Waals surface area contributed by atoms with Gasteiger partial charge in [0.15, 0.2) is 0 Å². The van der Waals surface area contributed by atoms with E-state index < -0.39 is 0 Å². The molecule has 5 saturated carbocycles. The first-order valence-electron chi connectivity index (χ1n) is 14.3. The van der Waals surface area contributed by atoms with Crippen LogP contribution in [0.4, 0.5) is 0 Å². The predicted molar refractivity (Wildman–Crippen MR) is 137 cm³/mol. The largest absolute Gasteiger partial charge is 0.357 e. The molecule has 3 N–H and O–H groups in total. The Morgan fingerprint density at radius 1 is 1.00 bits per heavy atom. The van der Waals surface area contributed by atoms with Crippen LogP contribution in [0.5, 0.6) is 0 Å². The van der Waals surface area contributed by atoms with Crippen LogP contribution >= 0.6 is 0 Å². The van der Waals surface area contributed by atoms with Crippen molar-refractivity contribution in [3.05, 3.63) is 23.5 Å². The number of hydrogen-bond donors (Lipinski definition) is 3. The molecular formula is C29H44N4O2. The maximum absolute atomic E-state index is 13.2. The summed E-state index contributed by atoms with van der Waals surface area (Å²) in [6.45, 7) is 7.40. The zero-order valence-electron chi connectivity index (χ0n) is 21.9. The Morgan fingerprint density at radius 3 is 2.23 bits per heavy atom. The Balaban J connectivity index is 1.05. The highest BCUT2D eigenvalue weighted by molar-refractivity contribution is 5.97. The molecule has 2 heterocycles. The molecule has 6 fully saturated rings. The highest BCUT2D eigenvalue weighted by atomic mass is 16.2. The second-order valence-corrected chi connectivity index (χ2v) is 13.7. The molecule has 5 aliphatic carbocycles. The van der Waals surface area contributed by atoms with Crippen molar-refractivity contribution in [3.8, 4) is 0 Å². The number of likely N-dealkylation sites (tertiary alicyclic amines) is 1. The molecule has 1 atom stereocenters. The first-order chi connectivity index (χ1) is 16.7. The van der Waals surface area contributed by atoms with Crippen LogP contribution in [0.1, 0.15) is 107 Å². The van der Waals surface area contributed by atoms with E-state index in [1.807, 2.05) is 4.90 Å². The van der Waals surface area contributed by atoms with E-state index in [1.54, 1.807) is 0 Å². The Morgan fingerprint density at radius 2 is 1.63 bits per heavy atom. The molecule has 192 valence electrons. The number of carbonyl (C=O) groups is 2. The molecule has 0 unspecified atom stereocenters. The summed E-state index contributed by atoms with van der Waals surface area (Å²) in [6.07, 6.45) is 15.3. The van der Waals surface area contributed by atoms with Gasteiger partial charge in [0.05, 0.1) is 0 Å². The first-order valence-corrected chi connectivity index (χ1v) is 14.3. The van der Waals surface area contributed by atoms with Crippen LogP contribution in [0.25, 0.3) is 0 Å². The number of aromatic amines is 1. The SMILES string of the molecule is CC(C)(C)N[C@H]1CC[C@H](N2CC[C@H](NC(=O)c3cc(C45CC6CC(CC(C6)C4)C5)c[nH]3)C2=O)CC1. The van der Waals surface area contributed by atoms with Crippen molar-refractivity contribution in [1.82, 2.24) is 20.5 Å². The van der Waals surface area contributed by atoms with Gasteiger partial charge < -0.3 is 20.5 Å². The zero-order valence-corrected chi connectivity index (χ0v) is 21.9. The summed E-state index contributed by atoms with van der Waals surface area (Å²) in [7, 11) is 0. The van der Waals surface area contributed by atoms with Crippen LogP contribution in [-0.4, -0.2) is 51.9 Å². The Hall–Kier alpha value is -1.82. The molecule has 0 radical (unpaired) electrons. The molecule has 1 aliphatic heterocycles.